The van der Waals surface area contributed by atoms with Crippen LogP contribution < -0.4 is 15.4 Å². The summed E-state index contributed by atoms with van der Waals surface area (Å²) in [6.45, 7) is 3.50. The first-order chi connectivity index (χ1) is 16.0. The van der Waals surface area contributed by atoms with Crippen LogP contribution >= 0.6 is 11.3 Å². The Labute approximate surface area is 194 Å². The van der Waals surface area contributed by atoms with E-state index in [-0.39, 0.29) is 17.0 Å². The number of urea groups is 1. The zero-order chi connectivity index (χ0) is 23.2. The van der Waals surface area contributed by atoms with Gasteiger partial charge in [-0.2, -0.15) is 0 Å². The van der Waals surface area contributed by atoms with Crippen molar-refractivity contribution in [3.63, 3.8) is 0 Å². The van der Waals surface area contributed by atoms with E-state index in [2.05, 4.69) is 20.8 Å². The molecule has 2 heterocycles. The van der Waals surface area contributed by atoms with Crippen LogP contribution in [-0.2, 0) is 0 Å². The number of halogens is 1. The number of nitrogens with one attached hydrogen (secondary N) is 2. The third-order valence-corrected chi connectivity index (χ3v) is 6.29. The van der Waals surface area contributed by atoms with E-state index in [1.165, 1.54) is 29.5 Å². The summed E-state index contributed by atoms with van der Waals surface area (Å²) in [4.78, 5) is 27.1. The van der Waals surface area contributed by atoms with Crippen LogP contribution in [-0.4, -0.2) is 46.7 Å². The van der Waals surface area contributed by atoms with Crippen molar-refractivity contribution in [3.05, 3.63) is 64.4 Å². The van der Waals surface area contributed by atoms with Gasteiger partial charge in [-0.1, -0.05) is 29.5 Å². The molecule has 172 valence electrons. The molecule has 0 spiro atoms. The first kappa shape index (κ1) is 22.7. The van der Waals surface area contributed by atoms with Gasteiger partial charge in [0.25, 0.3) is 5.91 Å². The maximum Gasteiger partial charge on any atom is 0.321 e. The Morgan fingerprint density at radius 1 is 1.18 bits per heavy atom. The molecule has 0 bridgehead atoms. The molecule has 1 saturated heterocycles. The molecule has 1 aliphatic rings. The molecule has 0 aliphatic carbocycles. The molecular weight excluding hydrogens is 445 g/mol. The van der Waals surface area contributed by atoms with Crippen LogP contribution in [0.4, 0.5) is 20.6 Å². The van der Waals surface area contributed by atoms with E-state index >= 15 is 0 Å². The van der Waals surface area contributed by atoms with Gasteiger partial charge in [0.2, 0.25) is 5.01 Å². The van der Waals surface area contributed by atoms with Crippen LogP contribution in [0.25, 0.3) is 0 Å². The fourth-order valence-electron chi connectivity index (χ4n) is 3.65. The van der Waals surface area contributed by atoms with E-state index in [0.717, 1.165) is 12.8 Å². The minimum Gasteiger partial charge on any atom is -0.492 e. The van der Waals surface area contributed by atoms with Gasteiger partial charge in [-0.3, -0.25) is 4.79 Å². The number of nitrogens with zero attached hydrogens (tertiary/aromatic N) is 3. The van der Waals surface area contributed by atoms with E-state index in [4.69, 9.17) is 4.74 Å². The number of aromatic nitrogens is 2. The average molecular weight is 470 g/mol. The molecular formula is C23H24FN5O3S. The van der Waals surface area contributed by atoms with Gasteiger partial charge in [0.1, 0.15) is 16.6 Å². The summed E-state index contributed by atoms with van der Waals surface area (Å²) in [5, 5.41) is 14.6. The number of benzene rings is 2. The molecule has 3 amide bonds. The maximum absolute atomic E-state index is 13.3. The summed E-state index contributed by atoms with van der Waals surface area (Å²) >= 11 is 1.19. The molecule has 8 nitrogen and oxygen atoms in total. The van der Waals surface area contributed by atoms with Crippen molar-refractivity contribution in [3.8, 4) is 5.75 Å². The van der Waals surface area contributed by atoms with E-state index in [1.807, 2.05) is 25.1 Å². The summed E-state index contributed by atoms with van der Waals surface area (Å²) in [7, 11) is 0. The first-order valence-electron chi connectivity index (χ1n) is 10.7. The number of rotatable bonds is 6. The third-order valence-electron chi connectivity index (χ3n) is 5.20. The second kappa shape index (κ2) is 10.4. The van der Waals surface area contributed by atoms with Gasteiger partial charge < -0.3 is 20.3 Å². The first-order valence-corrected chi connectivity index (χ1v) is 11.5. The van der Waals surface area contributed by atoms with E-state index in [9.17, 15) is 14.0 Å². The summed E-state index contributed by atoms with van der Waals surface area (Å²) in [5.41, 5.74) is 0.975. The van der Waals surface area contributed by atoms with Crippen molar-refractivity contribution >= 4 is 34.6 Å². The summed E-state index contributed by atoms with van der Waals surface area (Å²) in [6, 6.07) is 12.8. The molecule has 1 atom stereocenters. The molecule has 2 aromatic carbocycles. The molecule has 0 saturated carbocycles. The monoisotopic (exact) mass is 469 g/mol. The lowest BCUT2D eigenvalue weighted by molar-refractivity contribution is 0.102. The number of anilines is 2. The Bertz CT molecular complexity index is 1140. The molecule has 4 rings (SSSR count). The lowest BCUT2D eigenvalue weighted by Crippen LogP contribution is -2.41. The molecule has 3 aromatic rings. The highest BCUT2D eigenvalue weighted by molar-refractivity contribution is 7.13. The van der Waals surface area contributed by atoms with Gasteiger partial charge in [-0.15, -0.1) is 10.2 Å². The standard InChI is InChI=1S/C23H24FN5O3S/c1-2-32-19-11-4-3-10-18(19)26-23(31)29-12-6-7-15(14-29)21-27-28-22(33-21)20(30)25-17-9-5-8-16(24)13-17/h3-5,8-11,13,15H,2,6-7,12,14H2,1H3,(H,25,30)(H,26,31)/t15-/m1/s1. The highest BCUT2D eigenvalue weighted by Gasteiger charge is 2.28. The lowest BCUT2D eigenvalue weighted by atomic mass is 9.99. The minimum atomic E-state index is -0.442. The number of carbonyl (C=O) groups excluding carboxylic acids is 2. The number of hydrogen-bond donors (Lipinski definition) is 2. The summed E-state index contributed by atoms with van der Waals surface area (Å²) < 4.78 is 18.9. The van der Waals surface area contributed by atoms with Crippen LogP contribution in [0.5, 0.6) is 5.75 Å². The van der Waals surface area contributed by atoms with Crippen molar-refractivity contribution in [1.29, 1.82) is 0 Å². The number of carbonyl (C=O) groups is 2. The molecule has 0 radical (unpaired) electrons. The zero-order valence-electron chi connectivity index (χ0n) is 18.1. The number of ether oxygens (including phenoxy) is 1. The van der Waals surface area contributed by atoms with E-state index in [1.54, 1.807) is 17.0 Å². The van der Waals surface area contributed by atoms with Crippen LogP contribution in [0.2, 0.25) is 0 Å². The molecule has 2 N–H and O–H groups in total. The number of piperidine rings is 1. The number of hydrogen-bond acceptors (Lipinski definition) is 6. The Morgan fingerprint density at radius 2 is 2.03 bits per heavy atom. The summed E-state index contributed by atoms with van der Waals surface area (Å²) in [5.74, 6) is -0.266. The fraction of sp³-hybridized carbons (Fsp3) is 0.304. The van der Waals surface area contributed by atoms with E-state index in [0.29, 0.717) is 41.8 Å². The zero-order valence-corrected chi connectivity index (χ0v) is 18.9. The van der Waals surface area contributed by atoms with Crippen LogP contribution in [0.15, 0.2) is 48.5 Å². The topological polar surface area (TPSA) is 96.4 Å². The lowest BCUT2D eigenvalue weighted by Gasteiger charge is -2.31. The van der Waals surface area contributed by atoms with Crippen LogP contribution in [0.3, 0.4) is 0 Å². The normalized spacial score (nSPS) is 15.7. The van der Waals surface area contributed by atoms with Crippen molar-refractivity contribution in [2.45, 2.75) is 25.7 Å². The van der Waals surface area contributed by atoms with Crippen molar-refractivity contribution in [2.24, 2.45) is 0 Å². The van der Waals surface area contributed by atoms with Crippen molar-refractivity contribution < 1.29 is 18.7 Å². The Hall–Kier alpha value is -3.53. The average Bonchev–Trinajstić information content (AvgIpc) is 3.31. The highest BCUT2D eigenvalue weighted by atomic mass is 32.1. The van der Waals surface area contributed by atoms with Crippen LogP contribution in [0, 0.1) is 5.82 Å². The largest absolute Gasteiger partial charge is 0.492 e. The number of para-hydroxylation sites is 2. The van der Waals surface area contributed by atoms with Gasteiger partial charge >= 0.3 is 6.03 Å². The van der Waals surface area contributed by atoms with Crippen molar-refractivity contribution in [1.82, 2.24) is 15.1 Å². The quantitative estimate of drug-likeness (QED) is 0.544. The van der Waals surface area contributed by atoms with Crippen molar-refractivity contribution in [2.75, 3.05) is 30.3 Å². The second-order valence-corrected chi connectivity index (χ2v) is 8.56. The molecule has 1 aliphatic heterocycles. The van der Waals surface area contributed by atoms with Gasteiger partial charge in [-0.05, 0) is 50.1 Å². The fourth-order valence-corrected chi connectivity index (χ4v) is 4.52. The van der Waals surface area contributed by atoms with E-state index < -0.39 is 11.7 Å². The SMILES string of the molecule is CCOc1ccccc1NC(=O)N1CCC[C@@H](c2nnc(C(=O)Nc3cccc(F)c3)s2)C1. The van der Waals surface area contributed by atoms with Gasteiger partial charge in [0, 0.05) is 24.7 Å². The summed E-state index contributed by atoms with van der Waals surface area (Å²) in [6.07, 6.45) is 1.66. The smallest absolute Gasteiger partial charge is 0.321 e. The maximum atomic E-state index is 13.3. The Morgan fingerprint density at radius 3 is 2.85 bits per heavy atom. The predicted octanol–water partition coefficient (Wildman–Crippen LogP) is 4.74. The molecule has 10 heteroatoms. The van der Waals surface area contributed by atoms with Crippen LogP contribution in [0.1, 0.15) is 40.5 Å². The second-order valence-electron chi connectivity index (χ2n) is 7.55. The highest BCUT2D eigenvalue weighted by Crippen LogP contribution is 2.30. The molecule has 33 heavy (non-hydrogen) atoms. The molecule has 0 unspecified atom stereocenters. The van der Waals surface area contributed by atoms with Gasteiger partial charge in [0.05, 0.1) is 12.3 Å². The predicted molar refractivity (Wildman–Crippen MR) is 124 cm³/mol. The third kappa shape index (κ3) is 5.64. The Balaban J connectivity index is 1.39. The Kier molecular flexibility index (Phi) is 7.13. The van der Waals surface area contributed by atoms with Gasteiger partial charge in [0.15, 0.2) is 0 Å². The molecule has 1 aromatic heterocycles. The number of amides is 3. The van der Waals surface area contributed by atoms with Gasteiger partial charge in [-0.25, -0.2) is 9.18 Å². The minimum absolute atomic E-state index is 0.0140. The molecule has 1 fully saturated rings. The number of likely N-dealkylation sites (tertiary alicyclic amines) is 1.